The molecule has 0 bridgehead atoms. The summed E-state index contributed by atoms with van der Waals surface area (Å²) in [7, 11) is 0. The Bertz CT molecular complexity index is 340. The third kappa shape index (κ3) is 2.44. The molecule has 0 aliphatic carbocycles. The fraction of sp³-hybridized carbons (Fsp3) is 0.455. The standard InChI is InChI=1S/C11H13BrCl2/c1-11(2,3)9-8(12)5-4-7(6-13)10(9)14/h4-5H,6H2,1-3H3. The zero-order chi connectivity index (χ0) is 10.9. The molecule has 3 heteroatoms. The van der Waals surface area contributed by atoms with Crippen molar-refractivity contribution in [2.45, 2.75) is 32.1 Å². The highest BCUT2D eigenvalue weighted by atomic mass is 79.9. The molecule has 0 radical (unpaired) electrons. The zero-order valence-electron chi connectivity index (χ0n) is 8.50. The fourth-order valence-electron chi connectivity index (χ4n) is 1.39. The van der Waals surface area contributed by atoms with Gasteiger partial charge in [-0.25, -0.2) is 0 Å². The van der Waals surface area contributed by atoms with Crippen molar-refractivity contribution < 1.29 is 0 Å². The molecule has 0 aromatic heterocycles. The van der Waals surface area contributed by atoms with Crippen molar-refractivity contribution in [3.8, 4) is 0 Å². The van der Waals surface area contributed by atoms with Crippen LogP contribution in [0.15, 0.2) is 16.6 Å². The summed E-state index contributed by atoms with van der Waals surface area (Å²) in [4.78, 5) is 0. The molecule has 1 aromatic rings. The topological polar surface area (TPSA) is 0 Å². The molecule has 0 aliphatic heterocycles. The monoisotopic (exact) mass is 294 g/mol. The van der Waals surface area contributed by atoms with Gasteiger partial charge >= 0.3 is 0 Å². The molecule has 1 rings (SSSR count). The molecule has 1 aromatic carbocycles. The van der Waals surface area contributed by atoms with Crippen molar-refractivity contribution in [1.29, 1.82) is 0 Å². The Morgan fingerprint density at radius 1 is 1.29 bits per heavy atom. The number of hydrogen-bond acceptors (Lipinski definition) is 0. The van der Waals surface area contributed by atoms with Crippen LogP contribution in [0.4, 0.5) is 0 Å². The van der Waals surface area contributed by atoms with Crippen LogP contribution in [0.25, 0.3) is 0 Å². The highest BCUT2D eigenvalue weighted by Crippen LogP contribution is 2.37. The molecule has 0 heterocycles. The predicted octanol–water partition coefficient (Wildman–Crippen LogP) is 5.14. The van der Waals surface area contributed by atoms with Gasteiger partial charge in [0, 0.05) is 15.4 Å². The quantitative estimate of drug-likeness (QED) is 0.629. The Labute approximate surface area is 104 Å². The van der Waals surface area contributed by atoms with Crippen molar-refractivity contribution in [2.24, 2.45) is 0 Å². The normalized spacial score (nSPS) is 11.9. The Hall–Kier alpha value is 0.280. The zero-order valence-corrected chi connectivity index (χ0v) is 11.6. The van der Waals surface area contributed by atoms with E-state index in [2.05, 4.69) is 36.7 Å². The molecular weight excluding hydrogens is 283 g/mol. The SMILES string of the molecule is CC(C)(C)c1c(Br)ccc(CCl)c1Cl. The second kappa shape index (κ2) is 4.42. The van der Waals surface area contributed by atoms with Gasteiger partial charge in [0.25, 0.3) is 0 Å². The second-order valence-electron chi connectivity index (χ2n) is 4.28. The molecule has 78 valence electrons. The predicted molar refractivity (Wildman–Crippen MR) is 67.4 cm³/mol. The van der Waals surface area contributed by atoms with Gasteiger partial charge in [0.15, 0.2) is 0 Å². The summed E-state index contributed by atoms with van der Waals surface area (Å²) in [5, 5.41) is 0.780. The van der Waals surface area contributed by atoms with Crippen LogP contribution in [0.5, 0.6) is 0 Å². The summed E-state index contributed by atoms with van der Waals surface area (Å²) < 4.78 is 1.05. The van der Waals surface area contributed by atoms with Crippen LogP contribution in [-0.4, -0.2) is 0 Å². The van der Waals surface area contributed by atoms with E-state index in [4.69, 9.17) is 23.2 Å². The maximum Gasteiger partial charge on any atom is 0.0498 e. The van der Waals surface area contributed by atoms with Gasteiger partial charge in [-0.05, 0) is 22.6 Å². The average molecular weight is 296 g/mol. The number of alkyl halides is 1. The van der Waals surface area contributed by atoms with Crippen molar-refractivity contribution in [3.63, 3.8) is 0 Å². The van der Waals surface area contributed by atoms with E-state index < -0.39 is 0 Å². The molecule has 0 spiro atoms. The van der Waals surface area contributed by atoms with Gasteiger partial charge < -0.3 is 0 Å². The van der Waals surface area contributed by atoms with Gasteiger partial charge in [0.05, 0.1) is 0 Å². The molecule has 0 saturated heterocycles. The van der Waals surface area contributed by atoms with Gasteiger partial charge in [0.1, 0.15) is 0 Å². The lowest BCUT2D eigenvalue weighted by Gasteiger charge is -2.23. The van der Waals surface area contributed by atoms with Crippen LogP contribution in [0.3, 0.4) is 0 Å². The second-order valence-corrected chi connectivity index (χ2v) is 5.78. The van der Waals surface area contributed by atoms with E-state index in [1.165, 1.54) is 0 Å². The van der Waals surface area contributed by atoms with Crippen molar-refractivity contribution in [1.82, 2.24) is 0 Å². The summed E-state index contributed by atoms with van der Waals surface area (Å²) in [6, 6.07) is 3.96. The van der Waals surface area contributed by atoms with Gasteiger partial charge in [-0.15, -0.1) is 11.6 Å². The molecule has 0 atom stereocenters. The highest BCUT2D eigenvalue weighted by molar-refractivity contribution is 9.10. The maximum atomic E-state index is 6.28. The van der Waals surface area contributed by atoms with Gasteiger partial charge in [-0.2, -0.15) is 0 Å². The van der Waals surface area contributed by atoms with E-state index in [1.54, 1.807) is 0 Å². The highest BCUT2D eigenvalue weighted by Gasteiger charge is 2.21. The van der Waals surface area contributed by atoms with Crippen LogP contribution in [-0.2, 0) is 11.3 Å². The summed E-state index contributed by atoms with van der Waals surface area (Å²) in [5.74, 6) is 0.454. The van der Waals surface area contributed by atoms with Crippen LogP contribution >= 0.6 is 39.1 Å². The van der Waals surface area contributed by atoms with E-state index in [-0.39, 0.29) is 5.41 Å². The maximum absolute atomic E-state index is 6.28. The van der Waals surface area contributed by atoms with E-state index in [0.29, 0.717) is 5.88 Å². The van der Waals surface area contributed by atoms with Gasteiger partial charge in [-0.1, -0.05) is 54.4 Å². The van der Waals surface area contributed by atoms with Gasteiger partial charge in [-0.3, -0.25) is 0 Å². The van der Waals surface area contributed by atoms with Gasteiger partial charge in [0.2, 0.25) is 0 Å². The first-order valence-electron chi connectivity index (χ1n) is 4.41. The third-order valence-corrected chi connectivity index (χ3v) is 3.45. The van der Waals surface area contributed by atoms with Crippen molar-refractivity contribution in [3.05, 3.63) is 32.8 Å². The molecule has 0 amide bonds. The van der Waals surface area contributed by atoms with Crippen LogP contribution < -0.4 is 0 Å². The van der Waals surface area contributed by atoms with Crippen molar-refractivity contribution >= 4 is 39.1 Å². The number of benzene rings is 1. The first-order chi connectivity index (χ1) is 6.38. The molecule has 0 N–H and O–H groups in total. The molecule has 0 fully saturated rings. The Morgan fingerprint density at radius 3 is 2.29 bits per heavy atom. The first-order valence-corrected chi connectivity index (χ1v) is 6.11. The Kier molecular flexibility index (Phi) is 3.90. The lowest BCUT2D eigenvalue weighted by molar-refractivity contribution is 0.587. The molecule has 14 heavy (non-hydrogen) atoms. The molecule has 0 saturated carbocycles. The van der Waals surface area contributed by atoms with E-state index in [0.717, 1.165) is 20.6 Å². The number of hydrogen-bond donors (Lipinski definition) is 0. The minimum absolute atomic E-state index is 0.0258. The summed E-state index contributed by atoms with van der Waals surface area (Å²) >= 11 is 15.6. The Balaban J connectivity index is 3.40. The fourth-order valence-corrected chi connectivity index (χ4v) is 3.23. The first kappa shape index (κ1) is 12.4. The Morgan fingerprint density at radius 2 is 1.86 bits per heavy atom. The van der Waals surface area contributed by atoms with Crippen LogP contribution in [0, 0.1) is 0 Å². The lowest BCUT2D eigenvalue weighted by Crippen LogP contribution is -2.13. The summed E-state index contributed by atoms with van der Waals surface area (Å²) in [5.41, 5.74) is 2.14. The van der Waals surface area contributed by atoms with Crippen LogP contribution in [0.1, 0.15) is 31.9 Å². The largest absolute Gasteiger partial charge is 0.121 e. The molecule has 0 unspecified atom stereocenters. The molecular formula is C11H13BrCl2. The summed E-state index contributed by atoms with van der Waals surface area (Å²) in [6.07, 6.45) is 0. The van der Waals surface area contributed by atoms with Crippen LogP contribution in [0.2, 0.25) is 5.02 Å². The minimum Gasteiger partial charge on any atom is -0.121 e. The summed E-state index contributed by atoms with van der Waals surface area (Å²) in [6.45, 7) is 6.41. The molecule has 0 aliphatic rings. The van der Waals surface area contributed by atoms with E-state index >= 15 is 0 Å². The number of rotatable bonds is 1. The smallest absolute Gasteiger partial charge is 0.0498 e. The van der Waals surface area contributed by atoms with E-state index in [1.807, 2.05) is 12.1 Å². The van der Waals surface area contributed by atoms with E-state index in [9.17, 15) is 0 Å². The number of halogens is 3. The lowest BCUT2D eigenvalue weighted by atomic mass is 9.86. The van der Waals surface area contributed by atoms with Crippen molar-refractivity contribution in [2.75, 3.05) is 0 Å². The minimum atomic E-state index is 0.0258. The average Bonchev–Trinajstić information content (AvgIpc) is 2.02. The third-order valence-electron chi connectivity index (χ3n) is 2.07. The molecule has 0 nitrogen and oxygen atoms in total.